The number of carbonyl (C=O) groups excluding carboxylic acids is 2. The van der Waals surface area contributed by atoms with Gasteiger partial charge in [0, 0.05) is 19.9 Å². The van der Waals surface area contributed by atoms with Crippen molar-refractivity contribution in [3.63, 3.8) is 0 Å². The molecule has 2 amide bonds. The molecule has 2 N–H and O–H groups in total. The predicted molar refractivity (Wildman–Crippen MR) is 64.9 cm³/mol. The Bertz CT molecular complexity index is 330. The first kappa shape index (κ1) is 14.5. The smallest absolute Gasteiger partial charge is 0.328 e. The molecule has 0 radical (unpaired) electrons. The molecule has 0 saturated carbocycles. The number of nitrogens with zero attached hydrogens (tertiary/aromatic N) is 1. The van der Waals surface area contributed by atoms with Crippen molar-refractivity contribution in [3.05, 3.63) is 0 Å². The van der Waals surface area contributed by atoms with E-state index < -0.39 is 17.9 Å². The number of carboxylic acid groups (broad SMARTS) is 1. The monoisotopic (exact) mass is 256 g/mol. The van der Waals surface area contributed by atoms with E-state index in [1.807, 2.05) is 0 Å². The Balaban J connectivity index is 2.61. The van der Waals surface area contributed by atoms with Crippen LogP contribution in [0.25, 0.3) is 0 Å². The lowest BCUT2D eigenvalue weighted by Crippen LogP contribution is -2.49. The van der Waals surface area contributed by atoms with Crippen molar-refractivity contribution < 1.29 is 19.5 Å². The highest BCUT2D eigenvalue weighted by atomic mass is 16.4. The van der Waals surface area contributed by atoms with E-state index in [0.29, 0.717) is 13.0 Å². The van der Waals surface area contributed by atoms with Crippen molar-refractivity contribution in [1.29, 1.82) is 0 Å². The van der Waals surface area contributed by atoms with Gasteiger partial charge in [0.05, 0.1) is 6.54 Å². The van der Waals surface area contributed by atoms with Crippen LogP contribution in [0.15, 0.2) is 0 Å². The van der Waals surface area contributed by atoms with E-state index in [1.165, 1.54) is 6.92 Å². The van der Waals surface area contributed by atoms with Crippen molar-refractivity contribution in [2.24, 2.45) is 0 Å². The Hall–Kier alpha value is -1.59. The Morgan fingerprint density at radius 2 is 2.00 bits per heavy atom. The van der Waals surface area contributed by atoms with Gasteiger partial charge in [-0.05, 0) is 12.8 Å². The first-order valence-corrected chi connectivity index (χ1v) is 6.28. The van der Waals surface area contributed by atoms with Crippen LogP contribution in [0.1, 0.15) is 39.0 Å². The molecule has 1 heterocycles. The molecule has 1 aliphatic rings. The Morgan fingerprint density at radius 3 is 2.61 bits per heavy atom. The Labute approximate surface area is 106 Å². The van der Waals surface area contributed by atoms with Crippen LogP contribution in [0.4, 0.5) is 0 Å². The molecule has 18 heavy (non-hydrogen) atoms. The molecule has 0 aliphatic carbocycles. The second-order valence-corrected chi connectivity index (χ2v) is 4.60. The zero-order valence-corrected chi connectivity index (χ0v) is 10.6. The Morgan fingerprint density at radius 1 is 1.33 bits per heavy atom. The average molecular weight is 256 g/mol. The number of hydrogen-bond acceptors (Lipinski definition) is 3. The lowest BCUT2D eigenvalue weighted by molar-refractivity contribution is -0.143. The molecule has 1 fully saturated rings. The van der Waals surface area contributed by atoms with Gasteiger partial charge >= 0.3 is 5.97 Å². The normalized spacial score (nSPS) is 18.7. The van der Waals surface area contributed by atoms with E-state index in [-0.39, 0.29) is 12.5 Å². The third-order valence-electron chi connectivity index (χ3n) is 3.00. The first-order chi connectivity index (χ1) is 8.50. The third-order valence-corrected chi connectivity index (χ3v) is 3.00. The van der Waals surface area contributed by atoms with Gasteiger partial charge < -0.3 is 15.3 Å². The number of aliphatic carboxylic acids is 1. The molecule has 6 nitrogen and oxygen atoms in total. The molecule has 6 heteroatoms. The second kappa shape index (κ2) is 6.98. The maximum absolute atomic E-state index is 11.8. The zero-order valence-electron chi connectivity index (χ0n) is 10.6. The molecule has 1 atom stereocenters. The van der Waals surface area contributed by atoms with Crippen molar-refractivity contribution >= 4 is 17.8 Å². The summed E-state index contributed by atoms with van der Waals surface area (Å²) in [5.74, 6) is -1.53. The topological polar surface area (TPSA) is 86.7 Å². The van der Waals surface area contributed by atoms with Gasteiger partial charge in [-0.25, -0.2) is 4.79 Å². The summed E-state index contributed by atoms with van der Waals surface area (Å²) in [5.41, 5.74) is 0. The van der Waals surface area contributed by atoms with Crippen LogP contribution < -0.4 is 5.32 Å². The van der Waals surface area contributed by atoms with Crippen molar-refractivity contribution in [3.8, 4) is 0 Å². The SMILES string of the molecule is CC(=O)NC(CN1CCCCCCC1=O)C(=O)O. The number of carbonyl (C=O) groups is 3. The second-order valence-electron chi connectivity index (χ2n) is 4.60. The fourth-order valence-electron chi connectivity index (χ4n) is 2.06. The number of carboxylic acids is 1. The zero-order chi connectivity index (χ0) is 13.5. The maximum Gasteiger partial charge on any atom is 0.328 e. The molecular weight excluding hydrogens is 236 g/mol. The number of nitrogens with one attached hydrogen (secondary N) is 1. The van der Waals surface area contributed by atoms with E-state index in [4.69, 9.17) is 5.11 Å². The van der Waals surface area contributed by atoms with Crippen molar-refractivity contribution in [2.75, 3.05) is 13.1 Å². The highest BCUT2D eigenvalue weighted by molar-refractivity contribution is 5.83. The highest BCUT2D eigenvalue weighted by Crippen LogP contribution is 2.12. The van der Waals surface area contributed by atoms with Crippen LogP contribution >= 0.6 is 0 Å². The Kier molecular flexibility index (Phi) is 5.61. The molecule has 0 aromatic carbocycles. The average Bonchev–Trinajstić information content (AvgIpc) is 2.26. The van der Waals surface area contributed by atoms with Crippen LogP contribution in [-0.4, -0.2) is 46.9 Å². The van der Waals surface area contributed by atoms with Crippen molar-refractivity contribution in [1.82, 2.24) is 10.2 Å². The molecule has 0 spiro atoms. The summed E-state index contributed by atoms with van der Waals surface area (Å²) in [5, 5.41) is 11.4. The van der Waals surface area contributed by atoms with Gasteiger partial charge in [-0.1, -0.05) is 12.8 Å². The lowest BCUT2D eigenvalue weighted by Gasteiger charge is -2.27. The molecule has 1 rings (SSSR count). The number of rotatable bonds is 4. The van der Waals surface area contributed by atoms with Crippen LogP contribution in [0.3, 0.4) is 0 Å². The summed E-state index contributed by atoms with van der Waals surface area (Å²) in [4.78, 5) is 35.3. The van der Waals surface area contributed by atoms with Gasteiger partial charge in [0.15, 0.2) is 0 Å². The number of likely N-dealkylation sites (tertiary alicyclic amines) is 1. The van der Waals surface area contributed by atoms with E-state index in [2.05, 4.69) is 5.32 Å². The van der Waals surface area contributed by atoms with Gasteiger partial charge in [-0.3, -0.25) is 9.59 Å². The van der Waals surface area contributed by atoms with Gasteiger partial charge in [0.2, 0.25) is 11.8 Å². The summed E-state index contributed by atoms with van der Waals surface area (Å²) in [6.45, 7) is 1.89. The standard InChI is InChI=1S/C12H20N2O4/c1-9(15)13-10(12(17)18)8-14-7-5-3-2-4-6-11(14)16/h10H,2-8H2,1H3,(H,13,15)(H,17,18). The molecule has 1 unspecified atom stereocenters. The predicted octanol–water partition coefficient (Wildman–Crippen LogP) is 0.368. The van der Waals surface area contributed by atoms with Gasteiger partial charge in [-0.15, -0.1) is 0 Å². The van der Waals surface area contributed by atoms with Crippen molar-refractivity contribution in [2.45, 2.75) is 45.1 Å². The minimum atomic E-state index is -1.11. The summed E-state index contributed by atoms with van der Waals surface area (Å²) in [7, 11) is 0. The summed E-state index contributed by atoms with van der Waals surface area (Å²) >= 11 is 0. The third kappa shape index (κ3) is 4.73. The molecule has 0 aromatic heterocycles. The fourth-order valence-corrected chi connectivity index (χ4v) is 2.06. The molecule has 1 saturated heterocycles. The van der Waals surface area contributed by atoms with Crippen LogP contribution in [-0.2, 0) is 14.4 Å². The summed E-state index contributed by atoms with van der Waals surface area (Å²) in [6, 6.07) is -1.02. The molecule has 0 aromatic rings. The molecule has 102 valence electrons. The number of hydrogen-bond donors (Lipinski definition) is 2. The summed E-state index contributed by atoms with van der Waals surface area (Å²) < 4.78 is 0. The van der Waals surface area contributed by atoms with Gasteiger partial charge in [0.1, 0.15) is 6.04 Å². The molecule has 1 aliphatic heterocycles. The van der Waals surface area contributed by atoms with Crippen LogP contribution in [0, 0.1) is 0 Å². The lowest BCUT2D eigenvalue weighted by atomic mass is 10.1. The van der Waals surface area contributed by atoms with E-state index in [9.17, 15) is 14.4 Å². The molecule has 0 bridgehead atoms. The molecular formula is C12H20N2O4. The maximum atomic E-state index is 11.8. The van der Waals surface area contributed by atoms with Gasteiger partial charge in [-0.2, -0.15) is 0 Å². The van der Waals surface area contributed by atoms with E-state index >= 15 is 0 Å². The quantitative estimate of drug-likeness (QED) is 0.760. The minimum absolute atomic E-state index is 0.0219. The summed E-state index contributed by atoms with van der Waals surface area (Å²) in [6.07, 6.45) is 4.31. The first-order valence-electron chi connectivity index (χ1n) is 6.28. The highest BCUT2D eigenvalue weighted by Gasteiger charge is 2.25. The largest absolute Gasteiger partial charge is 0.480 e. The van der Waals surface area contributed by atoms with E-state index in [1.54, 1.807) is 4.90 Å². The van der Waals surface area contributed by atoms with Gasteiger partial charge in [0.25, 0.3) is 0 Å². The minimum Gasteiger partial charge on any atom is -0.480 e. The van der Waals surface area contributed by atoms with Crippen LogP contribution in [0.5, 0.6) is 0 Å². The van der Waals surface area contributed by atoms with E-state index in [0.717, 1.165) is 25.7 Å². The van der Waals surface area contributed by atoms with Crippen LogP contribution in [0.2, 0.25) is 0 Å². The number of amides is 2. The fraction of sp³-hybridized carbons (Fsp3) is 0.750.